The first-order valence-corrected chi connectivity index (χ1v) is 6.69. The highest BCUT2D eigenvalue weighted by Crippen LogP contribution is 2.13. The van der Waals surface area contributed by atoms with Crippen LogP contribution in [0, 0.1) is 0 Å². The Morgan fingerprint density at radius 3 is 2.16 bits per heavy atom. The van der Waals surface area contributed by atoms with Gasteiger partial charge < -0.3 is 14.6 Å². The Morgan fingerprint density at radius 2 is 1.58 bits per heavy atom. The molecule has 4 nitrogen and oxygen atoms in total. The molecule has 0 saturated carbocycles. The molecule has 0 amide bonds. The van der Waals surface area contributed by atoms with Crippen molar-refractivity contribution in [3.63, 3.8) is 0 Å². The molecular weight excluding hydrogens is 244 g/mol. The molecule has 1 aromatic rings. The SMILES string of the molecule is COCCCCCCCOc1ccc(C(=O)O)cc1. The van der Waals surface area contributed by atoms with Crippen LogP contribution in [0.3, 0.4) is 0 Å². The summed E-state index contributed by atoms with van der Waals surface area (Å²) < 4.78 is 10.5. The van der Waals surface area contributed by atoms with Crippen molar-refractivity contribution in [1.82, 2.24) is 0 Å². The topological polar surface area (TPSA) is 55.8 Å². The van der Waals surface area contributed by atoms with Gasteiger partial charge in [0.2, 0.25) is 0 Å². The molecule has 0 aromatic heterocycles. The van der Waals surface area contributed by atoms with Crippen LogP contribution in [0.5, 0.6) is 5.75 Å². The van der Waals surface area contributed by atoms with E-state index in [9.17, 15) is 4.79 Å². The minimum absolute atomic E-state index is 0.283. The lowest BCUT2D eigenvalue weighted by molar-refractivity contribution is 0.0697. The van der Waals surface area contributed by atoms with Gasteiger partial charge in [0.1, 0.15) is 5.75 Å². The monoisotopic (exact) mass is 266 g/mol. The summed E-state index contributed by atoms with van der Waals surface area (Å²) in [6.07, 6.45) is 5.68. The molecule has 106 valence electrons. The summed E-state index contributed by atoms with van der Waals surface area (Å²) >= 11 is 0. The van der Waals surface area contributed by atoms with Crippen molar-refractivity contribution in [3.8, 4) is 5.75 Å². The summed E-state index contributed by atoms with van der Waals surface area (Å²) in [4.78, 5) is 10.7. The van der Waals surface area contributed by atoms with E-state index in [1.165, 1.54) is 12.8 Å². The molecule has 0 spiro atoms. The minimum Gasteiger partial charge on any atom is -0.494 e. The summed E-state index contributed by atoms with van der Waals surface area (Å²) in [6, 6.07) is 6.51. The van der Waals surface area contributed by atoms with Crippen molar-refractivity contribution in [2.45, 2.75) is 32.1 Å². The van der Waals surface area contributed by atoms with Gasteiger partial charge in [-0.15, -0.1) is 0 Å². The average molecular weight is 266 g/mol. The van der Waals surface area contributed by atoms with Crippen LogP contribution in [0.15, 0.2) is 24.3 Å². The van der Waals surface area contributed by atoms with Crippen LogP contribution in [0.1, 0.15) is 42.5 Å². The number of unbranched alkanes of at least 4 members (excludes halogenated alkanes) is 4. The molecule has 1 rings (SSSR count). The number of benzene rings is 1. The molecule has 0 aliphatic carbocycles. The quantitative estimate of drug-likeness (QED) is 0.660. The van der Waals surface area contributed by atoms with Gasteiger partial charge in [0.05, 0.1) is 12.2 Å². The number of carbonyl (C=O) groups is 1. The van der Waals surface area contributed by atoms with Crippen molar-refractivity contribution in [2.24, 2.45) is 0 Å². The Labute approximate surface area is 114 Å². The van der Waals surface area contributed by atoms with E-state index >= 15 is 0 Å². The largest absolute Gasteiger partial charge is 0.494 e. The fourth-order valence-electron chi connectivity index (χ4n) is 1.76. The summed E-state index contributed by atoms with van der Waals surface area (Å²) in [5.41, 5.74) is 0.283. The third-order valence-electron chi connectivity index (χ3n) is 2.86. The van der Waals surface area contributed by atoms with Gasteiger partial charge in [0.15, 0.2) is 0 Å². The zero-order valence-electron chi connectivity index (χ0n) is 11.4. The van der Waals surface area contributed by atoms with Crippen LogP contribution < -0.4 is 4.74 Å². The van der Waals surface area contributed by atoms with E-state index in [-0.39, 0.29) is 5.56 Å². The van der Waals surface area contributed by atoms with Gasteiger partial charge in [-0.3, -0.25) is 0 Å². The summed E-state index contributed by atoms with van der Waals surface area (Å²) in [5.74, 6) is -0.188. The van der Waals surface area contributed by atoms with Crippen LogP contribution >= 0.6 is 0 Å². The van der Waals surface area contributed by atoms with Crippen molar-refractivity contribution in [3.05, 3.63) is 29.8 Å². The Kier molecular flexibility index (Phi) is 7.66. The molecule has 4 heteroatoms. The molecular formula is C15H22O4. The normalized spacial score (nSPS) is 10.4. The first kappa shape index (κ1) is 15.5. The third-order valence-corrected chi connectivity index (χ3v) is 2.86. The molecule has 0 aliphatic rings. The molecule has 0 bridgehead atoms. The van der Waals surface area contributed by atoms with Crippen LogP contribution in [0.4, 0.5) is 0 Å². The van der Waals surface area contributed by atoms with Crippen LogP contribution in [0.2, 0.25) is 0 Å². The Morgan fingerprint density at radius 1 is 1.00 bits per heavy atom. The maximum atomic E-state index is 10.7. The van der Waals surface area contributed by atoms with Gasteiger partial charge in [0.25, 0.3) is 0 Å². The molecule has 0 atom stereocenters. The number of rotatable bonds is 10. The number of carboxylic acids is 1. The lowest BCUT2D eigenvalue weighted by Crippen LogP contribution is -1.99. The number of aromatic carboxylic acids is 1. The first-order valence-electron chi connectivity index (χ1n) is 6.69. The lowest BCUT2D eigenvalue weighted by atomic mass is 10.1. The predicted octanol–water partition coefficient (Wildman–Crippen LogP) is 3.36. The standard InChI is InChI=1S/C15H22O4/c1-18-11-5-3-2-4-6-12-19-14-9-7-13(8-10-14)15(16)17/h7-10H,2-6,11-12H2,1H3,(H,16,17). The van der Waals surface area contributed by atoms with Gasteiger partial charge in [0, 0.05) is 13.7 Å². The van der Waals surface area contributed by atoms with Gasteiger partial charge in [-0.25, -0.2) is 4.79 Å². The zero-order valence-corrected chi connectivity index (χ0v) is 11.4. The van der Waals surface area contributed by atoms with E-state index in [1.54, 1.807) is 31.4 Å². The van der Waals surface area contributed by atoms with E-state index in [2.05, 4.69) is 0 Å². The predicted molar refractivity (Wildman–Crippen MR) is 73.9 cm³/mol. The summed E-state index contributed by atoms with van der Waals surface area (Å²) in [6.45, 7) is 1.52. The Bertz CT molecular complexity index is 359. The van der Waals surface area contributed by atoms with E-state index in [0.717, 1.165) is 31.6 Å². The van der Waals surface area contributed by atoms with Crippen molar-refractivity contribution >= 4 is 5.97 Å². The summed E-state index contributed by atoms with van der Waals surface area (Å²) in [5, 5.41) is 8.76. The molecule has 0 heterocycles. The van der Waals surface area contributed by atoms with Crippen molar-refractivity contribution in [2.75, 3.05) is 20.3 Å². The van der Waals surface area contributed by atoms with Crippen molar-refractivity contribution < 1.29 is 19.4 Å². The molecule has 0 unspecified atom stereocenters. The molecule has 0 fully saturated rings. The van der Waals surface area contributed by atoms with E-state index in [1.807, 2.05) is 0 Å². The van der Waals surface area contributed by atoms with Gasteiger partial charge in [-0.05, 0) is 37.1 Å². The average Bonchev–Trinajstić information content (AvgIpc) is 2.42. The molecule has 1 N–H and O–H groups in total. The highest BCUT2D eigenvalue weighted by Gasteiger charge is 2.01. The number of ether oxygens (including phenoxy) is 2. The maximum Gasteiger partial charge on any atom is 0.335 e. The second-order valence-corrected chi connectivity index (χ2v) is 4.44. The molecule has 19 heavy (non-hydrogen) atoms. The summed E-state index contributed by atoms with van der Waals surface area (Å²) in [7, 11) is 1.73. The molecule has 0 radical (unpaired) electrons. The van der Waals surface area contributed by atoms with Crippen LogP contribution in [0.25, 0.3) is 0 Å². The number of hydrogen-bond donors (Lipinski definition) is 1. The molecule has 0 aliphatic heterocycles. The van der Waals surface area contributed by atoms with Crippen LogP contribution in [-0.4, -0.2) is 31.4 Å². The maximum absolute atomic E-state index is 10.7. The zero-order chi connectivity index (χ0) is 13.9. The number of carboxylic acid groups (broad SMARTS) is 1. The highest BCUT2D eigenvalue weighted by molar-refractivity contribution is 5.87. The van der Waals surface area contributed by atoms with Gasteiger partial charge >= 0.3 is 5.97 Å². The minimum atomic E-state index is -0.914. The fourth-order valence-corrected chi connectivity index (χ4v) is 1.76. The lowest BCUT2D eigenvalue weighted by Gasteiger charge is -2.06. The van der Waals surface area contributed by atoms with E-state index in [0.29, 0.717) is 6.61 Å². The van der Waals surface area contributed by atoms with Gasteiger partial charge in [-0.1, -0.05) is 19.3 Å². The van der Waals surface area contributed by atoms with E-state index in [4.69, 9.17) is 14.6 Å². The third kappa shape index (κ3) is 6.82. The Balaban J connectivity index is 2.07. The van der Waals surface area contributed by atoms with Crippen molar-refractivity contribution in [1.29, 1.82) is 0 Å². The van der Waals surface area contributed by atoms with Gasteiger partial charge in [-0.2, -0.15) is 0 Å². The van der Waals surface area contributed by atoms with E-state index < -0.39 is 5.97 Å². The smallest absolute Gasteiger partial charge is 0.335 e. The highest BCUT2D eigenvalue weighted by atomic mass is 16.5. The number of hydrogen-bond acceptors (Lipinski definition) is 3. The first-order chi connectivity index (χ1) is 9.24. The second-order valence-electron chi connectivity index (χ2n) is 4.44. The fraction of sp³-hybridized carbons (Fsp3) is 0.533. The molecule has 1 aromatic carbocycles. The number of methoxy groups -OCH3 is 1. The second kappa shape index (κ2) is 9.39. The van der Waals surface area contributed by atoms with Crippen LogP contribution in [-0.2, 0) is 4.74 Å². The Hall–Kier alpha value is -1.55. The molecule has 0 saturated heterocycles.